The molecule has 3 nitrogen and oxygen atoms in total. The molecule has 0 bridgehead atoms. The lowest BCUT2D eigenvalue weighted by Crippen LogP contribution is -2.57. The van der Waals surface area contributed by atoms with Crippen molar-refractivity contribution in [2.24, 2.45) is 40.4 Å². The van der Waals surface area contributed by atoms with E-state index in [1.807, 2.05) is 0 Å². The Morgan fingerprint density at radius 1 is 1.07 bits per heavy atom. The Hall–Kier alpha value is -0.220. The van der Waals surface area contributed by atoms with Crippen LogP contribution >= 0.6 is 11.8 Å². The first-order chi connectivity index (χ1) is 14.4. The lowest BCUT2D eigenvalue weighted by Gasteiger charge is -2.62. The minimum atomic E-state index is -0.0724. The van der Waals surface area contributed by atoms with E-state index in [-0.39, 0.29) is 12.0 Å². The van der Waals surface area contributed by atoms with Crippen LogP contribution in [0.1, 0.15) is 90.9 Å². The molecule has 1 amide bonds. The molecule has 8 unspecified atom stereocenters. The third-order valence-electron chi connectivity index (χ3n) is 10.4. The number of hydrogen-bond acceptors (Lipinski definition) is 3. The molecule has 30 heavy (non-hydrogen) atoms. The number of carbonyl (C=O) groups is 1. The van der Waals surface area contributed by atoms with Crippen molar-refractivity contribution >= 4 is 17.7 Å². The predicted molar refractivity (Wildman–Crippen MR) is 126 cm³/mol. The van der Waals surface area contributed by atoms with Crippen LogP contribution in [0.25, 0.3) is 0 Å². The second kappa shape index (κ2) is 9.33. The van der Waals surface area contributed by atoms with Gasteiger partial charge in [0.25, 0.3) is 0 Å². The molecule has 0 spiro atoms. The summed E-state index contributed by atoms with van der Waals surface area (Å²) in [5.41, 5.74) is 0.867. The Balaban J connectivity index is 1.38. The summed E-state index contributed by atoms with van der Waals surface area (Å²) in [6.07, 6.45) is 16.8. The third kappa shape index (κ3) is 4.09. The first kappa shape index (κ1) is 23.0. The molecule has 4 aliphatic carbocycles. The molecule has 4 aliphatic rings. The van der Waals surface area contributed by atoms with Crippen LogP contribution in [0.2, 0.25) is 0 Å². The van der Waals surface area contributed by atoms with Crippen molar-refractivity contribution in [3.05, 3.63) is 0 Å². The van der Waals surface area contributed by atoms with E-state index in [9.17, 15) is 9.90 Å². The Morgan fingerprint density at radius 3 is 2.67 bits per heavy atom. The first-order valence-corrected chi connectivity index (χ1v) is 14.2. The highest BCUT2D eigenvalue weighted by Gasteiger charge is 2.61. The summed E-state index contributed by atoms with van der Waals surface area (Å²) in [6, 6.07) is 0. The van der Waals surface area contributed by atoms with E-state index in [2.05, 4.69) is 25.4 Å². The van der Waals surface area contributed by atoms with Crippen molar-refractivity contribution in [1.82, 2.24) is 5.32 Å². The summed E-state index contributed by atoms with van der Waals surface area (Å²) < 4.78 is 0. The lowest BCUT2D eigenvalue weighted by molar-refractivity contribution is -0.162. The maximum absolute atomic E-state index is 12.1. The van der Waals surface area contributed by atoms with Gasteiger partial charge in [-0.2, -0.15) is 11.8 Å². The molecule has 2 N–H and O–H groups in total. The van der Waals surface area contributed by atoms with Crippen LogP contribution in [0, 0.1) is 40.4 Å². The normalized spacial score (nSPS) is 45.3. The first-order valence-electron chi connectivity index (χ1n) is 12.8. The van der Waals surface area contributed by atoms with Crippen LogP contribution in [-0.4, -0.2) is 35.7 Å². The number of hydrogen-bond donors (Lipinski definition) is 2. The van der Waals surface area contributed by atoms with Gasteiger partial charge in [0.1, 0.15) is 0 Å². The molecular weight excluding hydrogens is 390 g/mol. The van der Waals surface area contributed by atoms with Gasteiger partial charge in [0, 0.05) is 18.7 Å². The van der Waals surface area contributed by atoms with Crippen LogP contribution in [0.4, 0.5) is 0 Å². The van der Waals surface area contributed by atoms with E-state index >= 15 is 0 Å². The Kier molecular flexibility index (Phi) is 7.14. The molecule has 0 radical (unpaired) electrons. The van der Waals surface area contributed by atoms with E-state index in [0.717, 1.165) is 42.9 Å². The summed E-state index contributed by atoms with van der Waals surface area (Å²) in [7, 11) is 0. The molecule has 4 heteroatoms. The van der Waals surface area contributed by atoms with Gasteiger partial charge in [0.15, 0.2) is 0 Å². The van der Waals surface area contributed by atoms with Gasteiger partial charge in [0.05, 0.1) is 6.10 Å². The number of rotatable bonds is 7. The second-order valence-electron chi connectivity index (χ2n) is 11.6. The summed E-state index contributed by atoms with van der Waals surface area (Å²) in [5, 5.41) is 14.4. The number of fused-ring (bicyclic) bond motifs is 5. The van der Waals surface area contributed by atoms with Gasteiger partial charge in [-0.25, -0.2) is 0 Å². The lowest BCUT2D eigenvalue weighted by atomic mass is 9.44. The largest absolute Gasteiger partial charge is 0.393 e. The molecule has 4 fully saturated rings. The number of aliphatic hydroxyl groups is 1. The maximum Gasteiger partial charge on any atom is 0.220 e. The zero-order chi connectivity index (χ0) is 21.4. The summed E-state index contributed by atoms with van der Waals surface area (Å²) >= 11 is 1.78. The van der Waals surface area contributed by atoms with Gasteiger partial charge >= 0.3 is 0 Å². The summed E-state index contributed by atoms with van der Waals surface area (Å²) in [6.45, 7) is 5.93. The second-order valence-corrected chi connectivity index (χ2v) is 12.6. The van der Waals surface area contributed by atoms with E-state index < -0.39 is 0 Å². The quantitative estimate of drug-likeness (QED) is 0.508. The van der Waals surface area contributed by atoms with Crippen LogP contribution in [0.5, 0.6) is 0 Å². The fourth-order valence-corrected chi connectivity index (χ4v) is 9.03. The molecule has 172 valence electrons. The van der Waals surface area contributed by atoms with Crippen molar-refractivity contribution in [2.75, 3.05) is 18.6 Å². The molecule has 0 aliphatic heterocycles. The van der Waals surface area contributed by atoms with Crippen molar-refractivity contribution in [3.63, 3.8) is 0 Å². The van der Waals surface area contributed by atoms with E-state index in [4.69, 9.17) is 0 Å². The summed E-state index contributed by atoms with van der Waals surface area (Å²) in [5.74, 6) is 4.70. The summed E-state index contributed by atoms with van der Waals surface area (Å²) in [4.78, 5) is 12.1. The molecule has 0 saturated heterocycles. The zero-order valence-corrected chi connectivity index (χ0v) is 20.4. The monoisotopic (exact) mass is 435 g/mol. The number of nitrogens with one attached hydrogen (secondary N) is 1. The molecular formula is C26H45NO2S. The highest BCUT2D eigenvalue weighted by molar-refractivity contribution is 7.98. The minimum absolute atomic E-state index is 0.0724. The van der Waals surface area contributed by atoms with Crippen LogP contribution in [0.15, 0.2) is 0 Å². The average Bonchev–Trinajstić information content (AvgIpc) is 3.05. The van der Waals surface area contributed by atoms with Crippen molar-refractivity contribution in [1.29, 1.82) is 0 Å². The predicted octanol–water partition coefficient (Wildman–Crippen LogP) is 5.66. The highest BCUT2D eigenvalue weighted by atomic mass is 32.2. The fraction of sp³-hybridized carbons (Fsp3) is 0.962. The number of carbonyl (C=O) groups excluding carboxylic acids is 1. The Bertz CT molecular complexity index is 612. The number of aliphatic hydroxyl groups excluding tert-OH is 1. The molecule has 0 aromatic carbocycles. The average molecular weight is 436 g/mol. The van der Waals surface area contributed by atoms with Gasteiger partial charge in [0.2, 0.25) is 5.91 Å². The van der Waals surface area contributed by atoms with Gasteiger partial charge in [-0.1, -0.05) is 26.7 Å². The number of thioether (sulfide) groups is 1. The molecule has 0 aromatic rings. The SMILES string of the molecule is CSCCNC(=O)CCCC1CCC2C3C(O)CC4CCCCC4(C)C3CCC12C. The zero-order valence-electron chi connectivity index (χ0n) is 19.6. The minimum Gasteiger partial charge on any atom is -0.393 e. The smallest absolute Gasteiger partial charge is 0.220 e. The molecule has 0 heterocycles. The molecule has 4 saturated carbocycles. The number of amides is 1. The van der Waals surface area contributed by atoms with Gasteiger partial charge in [-0.3, -0.25) is 4.79 Å². The van der Waals surface area contributed by atoms with Crippen molar-refractivity contribution in [2.45, 2.75) is 97.0 Å². The van der Waals surface area contributed by atoms with E-state index in [1.165, 1.54) is 57.8 Å². The Labute approximate surface area is 188 Å². The molecule has 4 rings (SSSR count). The van der Waals surface area contributed by atoms with Crippen LogP contribution in [-0.2, 0) is 4.79 Å². The Morgan fingerprint density at radius 2 is 1.87 bits per heavy atom. The van der Waals surface area contributed by atoms with E-state index in [1.54, 1.807) is 11.8 Å². The van der Waals surface area contributed by atoms with Crippen molar-refractivity contribution in [3.8, 4) is 0 Å². The highest BCUT2D eigenvalue weighted by Crippen LogP contribution is 2.67. The van der Waals surface area contributed by atoms with Crippen molar-refractivity contribution < 1.29 is 9.90 Å². The van der Waals surface area contributed by atoms with Gasteiger partial charge < -0.3 is 10.4 Å². The van der Waals surface area contributed by atoms with Crippen LogP contribution in [0.3, 0.4) is 0 Å². The van der Waals surface area contributed by atoms with Crippen LogP contribution < -0.4 is 5.32 Å². The maximum atomic E-state index is 12.1. The topological polar surface area (TPSA) is 49.3 Å². The van der Waals surface area contributed by atoms with Gasteiger partial charge in [-0.15, -0.1) is 0 Å². The molecule has 0 aromatic heterocycles. The fourth-order valence-electron chi connectivity index (χ4n) is 8.73. The molecule has 8 atom stereocenters. The third-order valence-corrected chi connectivity index (χ3v) is 11.0. The van der Waals surface area contributed by atoms with Gasteiger partial charge in [-0.05, 0) is 104 Å². The van der Waals surface area contributed by atoms with E-state index in [0.29, 0.717) is 29.1 Å². The standard InChI is InChI=1S/C26H45NO2S/c1-25-13-5-4-7-19(25)17-22(28)24-20-11-10-18(26(20,2)14-12-21(24)25)8-6-9-23(29)27-15-16-30-3/h18-22,24,28H,4-17H2,1-3H3,(H,27,29).